The van der Waals surface area contributed by atoms with Crippen molar-refractivity contribution in [1.82, 2.24) is 0 Å². The van der Waals surface area contributed by atoms with Crippen molar-refractivity contribution in [3.8, 4) is 5.75 Å². The molecule has 30 heavy (non-hydrogen) atoms. The summed E-state index contributed by atoms with van der Waals surface area (Å²) >= 11 is 5.91. The Morgan fingerprint density at radius 2 is 1.63 bits per heavy atom. The molecule has 0 bridgehead atoms. The van der Waals surface area contributed by atoms with Gasteiger partial charge >= 0.3 is 0 Å². The Balaban J connectivity index is 1.60. The predicted molar refractivity (Wildman–Crippen MR) is 119 cm³/mol. The van der Waals surface area contributed by atoms with Gasteiger partial charge in [-0.15, -0.1) is 0 Å². The molecule has 0 unspecified atom stereocenters. The Kier molecular flexibility index (Phi) is 6.64. The molecule has 0 aromatic heterocycles. The second kappa shape index (κ2) is 9.19. The Labute approximate surface area is 180 Å². The summed E-state index contributed by atoms with van der Waals surface area (Å²) in [5.74, 6) is 0.0474. The Hall–Kier alpha value is -3.03. The van der Waals surface area contributed by atoms with Crippen LogP contribution in [0.5, 0.6) is 5.75 Å². The Morgan fingerprint density at radius 1 is 0.933 bits per heavy atom. The molecule has 1 amide bonds. The summed E-state index contributed by atoms with van der Waals surface area (Å²) in [5, 5.41) is 3.34. The fourth-order valence-corrected chi connectivity index (χ4v) is 4.07. The first-order valence-corrected chi connectivity index (χ1v) is 11.0. The second-order valence-corrected chi connectivity index (χ2v) is 8.81. The molecule has 156 valence electrons. The van der Waals surface area contributed by atoms with E-state index in [2.05, 4.69) is 10.0 Å². The lowest BCUT2D eigenvalue weighted by Gasteiger charge is -2.12. The van der Waals surface area contributed by atoms with Gasteiger partial charge in [-0.3, -0.25) is 9.52 Å². The Bertz CT molecular complexity index is 1160. The number of halogens is 1. The highest BCUT2D eigenvalue weighted by Crippen LogP contribution is 2.22. The number of amides is 1. The maximum Gasteiger partial charge on any atom is 0.262 e. The Morgan fingerprint density at radius 3 is 2.30 bits per heavy atom. The van der Waals surface area contributed by atoms with Crippen LogP contribution in [0.3, 0.4) is 0 Å². The quantitative estimate of drug-likeness (QED) is 0.549. The average Bonchev–Trinajstić information content (AvgIpc) is 2.70. The number of hydrogen-bond acceptors (Lipinski definition) is 4. The zero-order valence-electron chi connectivity index (χ0n) is 16.5. The van der Waals surface area contributed by atoms with Gasteiger partial charge in [-0.05, 0) is 73.5 Å². The first-order chi connectivity index (χ1) is 14.2. The van der Waals surface area contributed by atoms with Crippen LogP contribution in [0.4, 0.5) is 11.4 Å². The third-order valence-corrected chi connectivity index (χ3v) is 5.97. The van der Waals surface area contributed by atoms with E-state index in [4.69, 9.17) is 16.3 Å². The molecule has 0 aliphatic carbocycles. The zero-order valence-corrected chi connectivity index (χ0v) is 18.0. The van der Waals surface area contributed by atoms with Gasteiger partial charge in [0, 0.05) is 10.7 Å². The van der Waals surface area contributed by atoms with Crippen molar-refractivity contribution >= 4 is 38.9 Å². The van der Waals surface area contributed by atoms with Crippen molar-refractivity contribution in [1.29, 1.82) is 0 Å². The molecular weight excluding hydrogens is 424 g/mol. The van der Waals surface area contributed by atoms with Crippen LogP contribution in [-0.4, -0.2) is 20.9 Å². The summed E-state index contributed by atoms with van der Waals surface area (Å²) in [5.41, 5.74) is 2.83. The van der Waals surface area contributed by atoms with Crippen LogP contribution in [0.2, 0.25) is 5.02 Å². The maximum absolute atomic E-state index is 12.6. The van der Waals surface area contributed by atoms with Crippen molar-refractivity contribution in [2.75, 3.05) is 16.6 Å². The number of benzene rings is 3. The standard InChI is InChI=1S/C22H21ClN2O4S/c1-15-5-3-4-6-21(15)25-30(27,28)19-10-8-18(9-11-19)29-14-22(26)24-20-12-7-17(23)13-16(20)2/h3-13,25H,14H2,1-2H3,(H,24,26). The van der Waals surface area contributed by atoms with Gasteiger partial charge in [-0.2, -0.15) is 0 Å². The number of hydrogen-bond donors (Lipinski definition) is 2. The van der Waals surface area contributed by atoms with Crippen molar-refractivity contribution in [3.05, 3.63) is 82.9 Å². The molecule has 3 aromatic rings. The number of para-hydroxylation sites is 1. The summed E-state index contributed by atoms with van der Waals surface area (Å²) in [6.45, 7) is 3.45. The van der Waals surface area contributed by atoms with Gasteiger partial charge < -0.3 is 10.1 Å². The fourth-order valence-electron chi connectivity index (χ4n) is 2.71. The highest BCUT2D eigenvalue weighted by molar-refractivity contribution is 7.92. The number of carbonyl (C=O) groups is 1. The van der Waals surface area contributed by atoms with Gasteiger partial charge in [0.05, 0.1) is 10.6 Å². The van der Waals surface area contributed by atoms with Crippen LogP contribution >= 0.6 is 11.6 Å². The van der Waals surface area contributed by atoms with Gasteiger partial charge in [0.1, 0.15) is 5.75 Å². The van der Waals surface area contributed by atoms with Crippen LogP contribution in [-0.2, 0) is 14.8 Å². The molecule has 0 fully saturated rings. The van der Waals surface area contributed by atoms with Gasteiger partial charge in [0.15, 0.2) is 6.61 Å². The summed E-state index contributed by atoms with van der Waals surface area (Å²) in [7, 11) is -3.73. The minimum atomic E-state index is -3.73. The van der Waals surface area contributed by atoms with Gasteiger partial charge in [0.25, 0.3) is 15.9 Å². The van der Waals surface area contributed by atoms with Gasteiger partial charge in [-0.1, -0.05) is 29.8 Å². The predicted octanol–water partition coefficient (Wildman–Crippen LogP) is 4.78. The molecule has 3 aromatic carbocycles. The van der Waals surface area contributed by atoms with Crippen LogP contribution in [0.1, 0.15) is 11.1 Å². The monoisotopic (exact) mass is 444 g/mol. The number of sulfonamides is 1. The normalized spacial score (nSPS) is 11.0. The highest BCUT2D eigenvalue weighted by Gasteiger charge is 2.15. The molecule has 0 spiro atoms. The lowest BCUT2D eigenvalue weighted by atomic mass is 10.2. The summed E-state index contributed by atoms with van der Waals surface area (Å²) < 4.78 is 33.2. The topological polar surface area (TPSA) is 84.5 Å². The summed E-state index contributed by atoms with van der Waals surface area (Å²) in [6, 6.07) is 18.2. The van der Waals surface area contributed by atoms with Crippen LogP contribution in [0.25, 0.3) is 0 Å². The zero-order chi connectivity index (χ0) is 21.7. The van der Waals surface area contributed by atoms with E-state index in [0.717, 1.165) is 11.1 Å². The van der Waals surface area contributed by atoms with E-state index in [1.54, 1.807) is 30.3 Å². The smallest absolute Gasteiger partial charge is 0.262 e. The number of rotatable bonds is 7. The lowest BCUT2D eigenvalue weighted by molar-refractivity contribution is -0.118. The molecule has 8 heteroatoms. The van der Waals surface area contributed by atoms with Crippen LogP contribution in [0.15, 0.2) is 71.6 Å². The molecule has 0 saturated heterocycles. The van der Waals surface area contributed by atoms with Gasteiger partial charge in [0.2, 0.25) is 0 Å². The summed E-state index contributed by atoms with van der Waals surface area (Å²) in [4.78, 5) is 12.2. The van der Waals surface area contributed by atoms with E-state index in [-0.39, 0.29) is 17.4 Å². The third-order valence-electron chi connectivity index (χ3n) is 4.36. The van der Waals surface area contributed by atoms with Gasteiger partial charge in [-0.25, -0.2) is 8.42 Å². The molecule has 0 saturated carbocycles. The molecule has 3 rings (SSSR count). The fraction of sp³-hybridized carbons (Fsp3) is 0.136. The van der Waals surface area contributed by atoms with E-state index in [0.29, 0.717) is 22.1 Å². The molecule has 0 radical (unpaired) electrons. The minimum Gasteiger partial charge on any atom is -0.484 e. The number of ether oxygens (including phenoxy) is 1. The van der Waals surface area contributed by atoms with Crippen molar-refractivity contribution in [2.24, 2.45) is 0 Å². The van der Waals surface area contributed by atoms with Crippen molar-refractivity contribution < 1.29 is 17.9 Å². The average molecular weight is 445 g/mol. The largest absolute Gasteiger partial charge is 0.484 e. The molecule has 0 atom stereocenters. The molecule has 2 N–H and O–H groups in total. The molecule has 0 heterocycles. The lowest BCUT2D eigenvalue weighted by Crippen LogP contribution is -2.20. The maximum atomic E-state index is 12.6. The molecular formula is C22H21ClN2O4S. The summed E-state index contributed by atoms with van der Waals surface area (Å²) in [6.07, 6.45) is 0. The van der Waals surface area contributed by atoms with Crippen molar-refractivity contribution in [3.63, 3.8) is 0 Å². The number of anilines is 2. The second-order valence-electron chi connectivity index (χ2n) is 6.69. The highest BCUT2D eigenvalue weighted by atomic mass is 35.5. The third kappa shape index (κ3) is 5.52. The van der Waals surface area contributed by atoms with E-state index in [9.17, 15) is 13.2 Å². The van der Waals surface area contributed by atoms with E-state index < -0.39 is 10.0 Å². The molecule has 0 aliphatic rings. The van der Waals surface area contributed by atoms with E-state index in [1.807, 2.05) is 26.0 Å². The molecule has 6 nitrogen and oxygen atoms in total. The van der Waals surface area contributed by atoms with Crippen molar-refractivity contribution in [2.45, 2.75) is 18.7 Å². The first kappa shape index (κ1) is 21.7. The number of aryl methyl sites for hydroxylation is 2. The van der Waals surface area contributed by atoms with E-state index >= 15 is 0 Å². The number of carbonyl (C=O) groups excluding carboxylic acids is 1. The van der Waals surface area contributed by atoms with Crippen LogP contribution in [0, 0.1) is 13.8 Å². The molecule has 0 aliphatic heterocycles. The van der Waals surface area contributed by atoms with E-state index in [1.165, 1.54) is 24.3 Å². The van der Waals surface area contributed by atoms with Crippen LogP contribution < -0.4 is 14.8 Å². The first-order valence-electron chi connectivity index (χ1n) is 9.12. The SMILES string of the molecule is Cc1cc(Cl)ccc1NC(=O)COc1ccc(S(=O)(=O)Nc2ccccc2C)cc1. The number of nitrogens with one attached hydrogen (secondary N) is 2. The minimum absolute atomic E-state index is 0.0966.